The minimum absolute atomic E-state index is 0.0232. The molecule has 0 atom stereocenters. The lowest BCUT2D eigenvalue weighted by molar-refractivity contribution is -0.141. The molecule has 2 aromatic rings. The number of ether oxygens (including phenoxy) is 1. The summed E-state index contributed by atoms with van der Waals surface area (Å²) >= 11 is 0. The van der Waals surface area contributed by atoms with Crippen molar-refractivity contribution in [2.75, 3.05) is 5.32 Å². The quantitative estimate of drug-likeness (QED) is 0.890. The lowest BCUT2D eigenvalue weighted by atomic mass is 10.1. The van der Waals surface area contributed by atoms with Gasteiger partial charge < -0.3 is 10.1 Å². The molecule has 0 aromatic carbocycles. The molecule has 0 unspecified atom stereocenters. The van der Waals surface area contributed by atoms with Crippen molar-refractivity contribution in [1.29, 1.82) is 0 Å². The van der Waals surface area contributed by atoms with Crippen molar-refractivity contribution < 1.29 is 9.53 Å². The molecule has 0 saturated heterocycles. The summed E-state index contributed by atoms with van der Waals surface area (Å²) in [5, 5.41) is 7.13. The normalized spacial score (nSPS) is 11.7. The first-order chi connectivity index (χ1) is 10.4. The molecular formula is C16H22N4O2. The van der Waals surface area contributed by atoms with E-state index in [1.807, 2.05) is 32.2 Å². The highest BCUT2D eigenvalue weighted by molar-refractivity contribution is 5.95. The fraction of sp³-hybridized carbons (Fsp3) is 0.438. The Morgan fingerprint density at radius 3 is 2.64 bits per heavy atom. The van der Waals surface area contributed by atoms with Crippen molar-refractivity contribution in [2.24, 2.45) is 0 Å². The van der Waals surface area contributed by atoms with Gasteiger partial charge in [-0.1, -0.05) is 0 Å². The van der Waals surface area contributed by atoms with E-state index in [1.54, 1.807) is 37.0 Å². The van der Waals surface area contributed by atoms with Crippen LogP contribution in [-0.2, 0) is 16.1 Å². The largest absolute Gasteiger partial charge is 0.363 e. The van der Waals surface area contributed by atoms with Gasteiger partial charge in [0.05, 0.1) is 12.6 Å². The molecule has 2 heterocycles. The number of hydrogen-bond acceptors (Lipinski definition) is 4. The topological polar surface area (TPSA) is 69.0 Å². The van der Waals surface area contributed by atoms with E-state index < -0.39 is 5.60 Å². The number of anilines is 1. The fourth-order valence-corrected chi connectivity index (χ4v) is 2.10. The third-order valence-corrected chi connectivity index (χ3v) is 3.05. The lowest BCUT2D eigenvalue weighted by Gasteiger charge is -2.25. The summed E-state index contributed by atoms with van der Waals surface area (Å²) in [5.41, 5.74) is 0.197. The van der Waals surface area contributed by atoms with E-state index >= 15 is 0 Å². The second-order valence-electron chi connectivity index (χ2n) is 5.89. The van der Waals surface area contributed by atoms with Crippen LogP contribution in [0.5, 0.6) is 0 Å². The maximum Gasteiger partial charge on any atom is 0.257 e. The number of aromatic nitrogens is 3. The second kappa shape index (κ2) is 6.70. The number of rotatable bonds is 6. The smallest absolute Gasteiger partial charge is 0.257 e. The number of carbonyl (C=O) groups excluding carboxylic acids is 1. The summed E-state index contributed by atoms with van der Waals surface area (Å²) in [6.07, 6.45) is 5.29. The number of amides is 1. The zero-order valence-electron chi connectivity index (χ0n) is 13.4. The van der Waals surface area contributed by atoms with Gasteiger partial charge in [0.2, 0.25) is 0 Å². The summed E-state index contributed by atoms with van der Waals surface area (Å²) in [6, 6.07) is 5.63. The third-order valence-electron chi connectivity index (χ3n) is 3.05. The summed E-state index contributed by atoms with van der Waals surface area (Å²) in [4.78, 5) is 16.2. The molecule has 2 rings (SSSR count). The average molecular weight is 302 g/mol. The van der Waals surface area contributed by atoms with Crippen LogP contribution in [0.1, 0.15) is 33.3 Å². The molecule has 0 aliphatic rings. The molecule has 0 fully saturated rings. The SMILES string of the molecule is CC(C)OC(C)(C)C(=O)Nc1ccn(Cc2ccncc2)n1. The maximum absolute atomic E-state index is 12.2. The predicted octanol–water partition coefficient (Wildman–Crippen LogP) is 2.47. The Balaban J connectivity index is 1.98. The summed E-state index contributed by atoms with van der Waals surface area (Å²) in [5.74, 6) is 0.301. The molecule has 2 aromatic heterocycles. The van der Waals surface area contributed by atoms with Crippen molar-refractivity contribution >= 4 is 11.7 Å². The Hall–Kier alpha value is -2.21. The molecule has 0 saturated carbocycles. The van der Waals surface area contributed by atoms with Gasteiger partial charge in [-0.05, 0) is 45.4 Å². The Morgan fingerprint density at radius 2 is 2.00 bits per heavy atom. The summed E-state index contributed by atoms with van der Waals surface area (Å²) < 4.78 is 7.39. The van der Waals surface area contributed by atoms with Gasteiger partial charge in [0.1, 0.15) is 5.60 Å². The highest BCUT2D eigenvalue weighted by atomic mass is 16.5. The minimum atomic E-state index is -0.900. The van der Waals surface area contributed by atoms with E-state index in [0.29, 0.717) is 12.4 Å². The molecule has 1 amide bonds. The Labute approximate surface area is 130 Å². The zero-order valence-corrected chi connectivity index (χ0v) is 13.4. The van der Waals surface area contributed by atoms with Crippen molar-refractivity contribution in [3.8, 4) is 0 Å². The molecule has 0 aliphatic carbocycles. The fourth-order valence-electron chi connectivity index (χ4n) is 2.10. The molecule has 6 nitrogen and oxygen atoms in total. The van der Waals surface area contributed by atoms with E-state index in [0.717, 1.165) is 5.56 Å². The third kappa shape index (κ3) is 4.39. The van der Waals surface area contributed by atoms with Crippen molar-refractivity contribution in [3.63, 3.8) is 0 Å². The van der Waals surface area contributed by atoms with Crippen LogP contribution >= 0.6 is 0 Å². The van der Waals surface area contributed by atoms with Gasteiger partial charge in [-0.3, -0.25) is 14.5 Å². The van der Waals surface area contributed by atoms with Crippen LogP contribution in [0.2, 0.25) is 0 Å². The summed E-state index contributed by atoms with van der Waals surface area (Å²) in [6.45, 7) is 7.92. The van der Waals surface area contributed by atoms with E-state index in [2.05, 4.69) is 15.4 Å². The highest BCUT2D eigenvalue weighted by Crippen LogP contribution is 2.15. The second-order valence-corrected chi connectivity index (χ2v) is 5.89. The number of hydrogen-bond donors (Lipinski definition) is 1. The first kappa shape index (κ1) is 16.2. The van der Waals surface area contributed by atoms with Crippen LogP contribution in [0.4, 0.5) is 5.82 Å². The summed E-state index contributed by atoms with van der Waals surface area (Å²) in [7, 11) is 0. The molecule has 6 heteroatoms. The van der Waals surface area contributed by atoms with Crippen LogP contribution in [0.25, 0.3) is 0 Å². The number of carbonyl (C=O) groups is 1. The average Bonchev–Trinajstić information content (AvgIpc) is 2.85. The highest BCUT2D eigenvalue weighted by Gasteiger charge is 2.30. The molecule has 118 valence electrons. The van der Waals surface area contributed by atoms with Gasteiger partial charge >= 0.3 is 0 Å². The molecule has 0 spiro atoms. The molecule has 1 N–H and O–H groups in total. The Bertz CT molecular complexity index is 620. The first-order valence-corrected chi connectivity index (χ1v) is 7.28. The van der Waals surface area contributed by atoms with Crippen molar-refractivity contribution in [1.82, 2.24) is 14.8 Å². The van der Waals surface area contributed by atoms with E-state index in [4.69, 9.17) is 4.74 Å². The zero-order chi connectivity index (χ0) is 16.2. The molecule has 0 aliphatic heterocycles. The van der Waals surface area contributed by atoms with Gasteiger partial charge in [-0.15, -0.1) is 0 Å². The maximum atomic E-state index is 12.2. The number of nitrogens with zero attached hydrogens (tertiary/aromatic N) is 3. The van der Waals surface area contributed by atoms with Gasteiger partial charge in [-0.2, -0.15) is 5.10 Å². The van der Waals surface area contributed by atoms with Gasteiger partial charge in [0, 0.05) is 24.7 Å². The van der Waals surface area contributed by atoms with Gasteiger partial charge in [-0.25, -0.2) is 0 Å². The monoisotopic (exact) mass is 302 g/mol. The van der Waals surface area contributed by atoms with Crippen molar-refractivity contribution in [3.05, 3.63) is 42.4 Å². The van der Waals surface area contributed by atoms with E-state index in [1.165, 1.54) is 0 Å². The Kier molecular flexibility index (Phi) is 4.92. The first-order valence-electron chi connectivity index (χ1n) is 7.28. The van der Waals surface area contributed by atoms with Gasteiger partial charge in [0.15, 0.2) is 5.82 Å². The molecule has 0 radical (unpaired) electrons. The van der Waals surface area contributed by atoms with Gasteiger partial charge in [0.25, 0.3) is 5.91 Å². The Morgan fingerprint density at radius 1 is 1.32 bits per heavy atom. The molecular weight excluding hydrogens is 280 g/mol. The van der Waals surface area contributed by atoms with Crippen molar-refractivity contribution in [2.45, 2.75) is 45.9 Å². The van der Waals surface area contributed by atoms with Crippen LogP contribution < -0.4 is 5.32 Å². The van der Waals surface area contributed by atoms with E-state index in [9.17, 15) is 4.79 Å². The molecule has 22 heavy (non-hydrogen) atoms. The van der Waals surface area contributed by atoms with Crippen LogP contribution in [0.15, 0.2) is 36.8 Å². The minimum Gasteiger partial charge on any atom is -0.363 e. The van der Waals surface area contributed by atoms with Crippen LogP contribution in [-0.4, -0.2) is 32.4 Å². The van der Waals surface area contributed by atoms with E-state index in [-0.39, 0.29) is 12.0 Å². The van der Waals surface area contributed by atoms with Crippen LogP contribution in [0.3, 0.4) is 0 Å². The van der Waals surface area contributed by atoms with Crippen LogP contribution in [0, 0.1) is 0 Å². The number of nitrogens with one attached hydrogen (secondary N) is 1. The lowest BCUT2D eigenvalue weighted by Crippen LogP contribution is -2.41. The number of pyridine rings is 1. The predicted molar refractivity (Wildman–Crippen MR) is 84.5 cm³/mol. The standard InChI is InChI=1S/C16H22N4O2/c1-12(2)22-16(3,4)15(21)18-14-7-10-20(19-14)11-13-5-8-17-9-6-13/h5-10,12H,11H2,1-4H3,(H,18,19,21). The molecule has 0 bridgehead atoms.